The Labute approximate surface area is 92.7 Å². The predicted octanol–water partition coefficient (Wildman–Crippen LogP) is 2.26. The zero-order valence-corrected chi connectivity index (χ0v) is 9.87. The molecular formula is C12H23NO2. The predicted molar refractivity (Wildman–Crippen MR) is 62.4 cm³/mol. The molecule has 0 radical (unpaired) electrons. The molecule has 0 amide bonds. The van der Waals surface area contributed by atoms with E-state index in [9.17, 15) is 4.79 Å². The average Bonchev–Trinajstić information content (AvgIpc) is 2.27. The van der Waals surface area contributed by atoms with E-state index in [-0.39, 0.29) is 11.9 Å². The summed E-state index contributed by atoms with van der Waals surface area (Å²) in [6.07, 6.45) is 7.40. The number of ether oxygens (including phenoxy) is 1. The fourth-order valence-electron chi connectivity index (χ4n) is 1.56. The Morgan fingerprint density at radius 3 is 2.60 bits per heavy atom. The first-order valence-electron chi connectivity index (χ1n) is 5.63. The third kappa shape index (κ3) is 5.57. The van der Waals surface area contributed by atoms with E-state index >= 15 is 0 Å². The molecule has 0 heterocycles. The normalized spacial score (nSPS) is 14.3. The Balaban J connectivity index is 3.90. The smallest absolute Gasteiger partial charge is 0.323 e. The second-order valence-electron chi connectivity index (χ2n) is 3.80. The largest absolute Gasteiger partial charge is 0.468 e. The summed E-state index contributed by atoms with van der Waals surface area (Å²) in [5.41, 5.74) is 5.75. The third-order valence-electron chi connectivity index (χ3n) is 2.63. The lowest BCUT2D eigenvalue weighted by atomic mass is 9.94. The average molecular weight is 213 g/mol. The molecule has 15 heavy (non-hydrogen) atoms. The molecule has 3 nitrogen and oxygen atoms in total. The summed E-state index contributed by atoms with van der Waals surface area (Å²) in [7, 11) is 1.36. The van der Waals surface area contributed by atoms with E-state index in [0.29, 0.717) is 0 Å². The topological polar surface area (TPSA) is 52.3 Å². The maximum Gasteiger partial charge on any atom is 0.323 e. The molecule has 0 aliphatic heterocycles. The lowest BCUT2D eigenvalue weighted by Crippen LogP contribution is -2.38. The van der Waals surface area contributed by atoms with Crippen molar-refractivity contribution in [1.29, 1.82) is 0 Å². The van der Waals surface area contributed by atoms with Crippen LogP contribution in [0.2, 0.25) is 0 Å². The van der Waals surface area contributed by atoms with Crippen LogP contribution in [0.1, 0.15) is 39.0 Å². The molecule has 0 aliphatic carbocycles. The van der Waals surface area contributed by atoms with Gasteiger partial charge in [-0.1, -0.05) is 38.7 Å². The maximum atomic E-state index is 11.2. The molecule has 0 rings (SSSR count). The molecule has 0 aliphatic rings. The number of rotatable bonds is 8. The molecule has 88 valence electrons. The third-order valence-corrected chi connectivity index (χ3v) is 2.63. The van der Waals surface area contributed by atoms with Crippen LogP contribution in [0.3, 0.4) is 0 Å². The van der Waals surface area contributed by atoms with Crippen molar-refractivity contribution in [3.05, 3.63) is 12.7 Å². The Kier molecular flexibility index (Phi) is 8.01. The van der Waals surface area contributed by atoms with E-state index in [2.05, 4.69) is 18.2 Å². The number of carbonyl (C=O) groups is 1. The number of hydrogen-bond donors (Lipinski definition) is 1. The Morgan fingerprint density at radius 1 is 1.47 bits per heavy atom. The monoisotopic (exact) mass is 213 g/mol. The molecular weight excluding hydrogens is 190 g/mol. The van der Waals surface area contributed by atoms with Crippen molar-refractivity contribution < 1.29 is 9.53 Å². The lowest BCUT2D eigenvalue weighted by Gasteiger charge is -2.18. The maximum absolute atomic E-state index is 11.2. The summed E-state index contributed by atoms with van der Waals surface area (Å²) in [5, 5.41) is 0. The highest BCUT2D eigenvalue weighted by Gasteiger charge is 2.22. The van der Waals surface area contributed by atoms with E-state index in [1.165, 1.54) is 26.4 Å². The Bertz CT molecular complexity index is 192. The van der Waals surface area contributed by atoms with Crippen LogP contribution in [0, 0.1) is 5.92 Å². The van der Waals surface area contributed by atoms with Gasteiger partial charge in [0, 0.05) is 5.92 Å². The number of carbonyl (C=O) groups excluding carboxylic acids is 1. The van der Waals surface area contributed by atoms with Gasteiger partial charge in [-0.15, -0.1) is 6.58 Å². The van der Waals surface area contributed by atoms with Crippen LogP contribution in [0.4, 0.5) is 0 Å². The highest BCUT2D eigenvalue weighted by molar-refractivity contribution is 5.76. The van der Waals surface area contributed by atoms with Gasteiger partial charge in [0.1, 0.15) is 6.04 Å². The fourth-order valence-corrected chi connectivity index (χ4v) is 1.56. The highest BCUT2D eigenvalue weighted by Crippen LogP contribution is 2.15. The first kappa shape index (κ1) is 14.2. The Morgan fingerprint density at radius 2 is 2.13 bits per heavy atom. The molecule has 3 heteroatoms. The molecule has 0 saturated heterocycles. The summed E-state index contributed by atoms with van der Waals surface area (Å²) in [4.78, 5) is 11.2. The van der Waals surface area contributed by atoms with E-state index in [1.54, 1.807) is 6.08 Å². The van der Waals surface area contributed by atoms with Gasteiger partial charge >= 0.3 is 5.97 Å². The van der Waals surface area contributed by atoms with Crippen molar-refractivity contribution in [1.82, 2.24) is 0 Å². The van der Waals surface area contributed by atoms with Crippen LogP contribution in [0.25, 0.3) is 0 Å². The SMILES string of the molecule is C=CC(CCCCCC)C(N)C(=O)OC. The number of methoxy groups -OCH3 is 1. The molecule has 2 unspecified atom stereocenters. The van der Waals surface area contributed by atoms with Gasteiger partial charge in [-0.25, -0.2) is 0 Å². The Hall–Kier alpha value is -0.830. The van der Waals surface area contributed by atoms with Gasteiger partial charge in [0.05, 0.1) is 7.11 Å². The van der Waals surface area contributed by atoms with Gasteiger partial charge in [-0.2, -0.15) is 0 Å². The van der Waals surface area contributed by atoms with Crippen LogP contribution in [-0.2, 0) is 9.53 Å². The minimum Gasteiger partial charge on any atom is -0.468 e. The van der Waals surface area contributed by atoms with Crippen molar-refractivity contribution in [2.75, 3.05) is 7.11 Å². The minimum absolute atomic E-state index is 0.0364. The van der Waals surface area contributed by atoms with Gasteiger partial charge in [0.15, 0.2) is 0 Å². The van der Waals surface area contributed by atoms with Crippen molar-refractivity contribution >= 4 is 5.97 Å². The van der Waals surface area contributed by atoms with Gasteiger partial charge in [-0.05, 0) is 6.42 Å². The van der Waals surface area contributed by atoms with Crippen molar-refractivity contribution in [3.63, 3.8) is 0 Å². The summed E-state index contributed by atoms with van der Waals surface area (Å²) in [6, 6.07) is -0.561. The number of esters is 1. The second-order valence-corrected chi connectivity index (χ2v) is 3.80. The molecule has 0 aromatic carbocycles. The van der Waals surface area contributed by atoms with Crippen molar-refractivity contribution in [3.8, 4) is 0 Å². The van der Waals surface area contributed by atoms with Crippen LogP contribution >= 0.6 is 0 Å². The summed E-state index contributed by atoms with van der Waals surface area (Å²) in [6.45, 7) is 5.88. The number of nitrogens with two attached hydrogens (primary N) is 1. The number of hydrogen-bond acceptors (Lipinski definition) is 3. The van der Waals surface area contributed by atoms with Gasteiger partial charge in [0.25, 0.3) is 0 Å². The first-order chi connectivity index (χ1) is 7.17. The molecule has 0 saturated carbocycles. The quantitative estimate of drug-likeness (QED) is 0.382. The van der Waals surface area contributed by atoms with Gasteiger partial charge < -0.3 is 10.5 Å². The second kappa shape index (κ2) is 8.48. The molecule has 2 atom stereocenters. The lowest BCUT2D eigenvalue weighted by molar-refractivity contribution is -0.143. The zero-order valence-electron chi connectivity index (χ0n) is 9.87. The van der Waals surface area contributed by atoms with Crippen LogP contribution in [0.15, 0.2) is 12.7 Å². The molecule has 0 bridgehead atoms. The molecule has 2 N–H and O–H groups in total. The summed E-state index contributed by atoms with van der Waals surface area (Å²) >= 11 is 0. The molecule has 0 aromatic rings. The zero-order chi connectivity index (χ0) is 11.7. The summed E-state index contributed by atoms with van der Waals surface area (Å²) in [5.74, 6) is -0.315. The van der Waals surface area contributed by atoms with E-state index in [4.69, 9.17) is 5.73 Å². The van der Waals surface area contributed by atoms with Crippen molar-refractivity contribution in [2.24, 2.45) is 11.7 Å². The van der Waals surface area contributed by atoms with E-state index in [0.717, 1.165) is 12.8 Å². The molecule has 0 fully saturated rings. The standard InChI is InChI=1S/C12H23NO2/c1-4-6-7-8-9-10(5-2)11(13)12(14)15-3/h5,10-11H,2,4,6-9,13H2,1,3H3. The fraction of sp³-hybridized carbons (Fsp3) is 0.750. The van der Waals surface area contributed by atoms with E-state index in [1.807, 2.05) is 0 Å². The van der Waals surface area contributed by atoms with Gasteiger partial charge in [-0.3, -0.25) is 4.79 Å². The van der Waals surface area contributed by atoms with Crippen LogP contribution in [-0.4, -0.2) is 19.1 Å². The van der Waals surface area contributed by atoms with Crippen LogP contribution in [0.5, 0.6) is 0 Å². The minimum atomic E-state index is -0.561. The van der Waals surface area contributed by atoms with E-state index < -0.39 is 6.04 Å². The van der Waals surface area contributed by atoms with Crippen LogP contribution < -0.4 is 5.73 Å². The molecule has 0 spiro atoms. The highest BCUT2D eigenvalue weighted by atomic mass is 16.5. The molecule has 0 aromatic heterocycles. The van der Waals surface area contributed by atoms with Gasteiger partial charge in [0.2, 0.25) is 0 Å². The van der Waals surface area contributed by atoms with Crippen molar-refractivity contribution in [2.45, 2.75) is 45.1 Å². The number of unbranched alkanes of at least 4 members (excludes halogenated alkanes) is 3. The summed E-state index contributed by atoms with van der Waals surface area (Å²) < 4.78 is 4.61. The first-order valence-corrected chi connectivity index (χ1v) is 5.63.